The fraction of sp³-hybridized carbons (Fsp3) is 0.235. The van der Waals surface area contributed by atoms with Gasteiger partial charge in [-0.05, 0) is 6.92 Å². The third-order valence-corrected chi connectivity index (χ3v) is 3.46. The molecule has 0 atom stereocenters. The molecule has 0 N–H and O–H groups in total. The van der Waals surface area contributed by atoms with Crippen molar-refractivity contribution in [3.05, 3.63) is 71.3 Å². The van der Waals surface area contributed by atoms with Crippen molar-refractivity contribution in [2.24, 2.45) is 0 Å². The van der Waals surface area contributed by atoms with Gasteiger partial charge in [0.1, 0.15) is 0 Å². The molecule has 3 heteroatoms. The van der Waals surface area contributed by atoms with Gasteiger partial charge in [-0.15, -0.1) is 0 Å². The van der Waals surface area contributed by atoms with E-state index in [1.807, 2.05) is 49.4 Å². The summed E-state index contributed by atoms with van der Waals surface area (Å²) in [5, 5.41) is 0. The van der Waals surface area contributed by atoms with Crippen LogP contribution in [0.2, 0.25) is 0 Å². The van der Waals surface area contributed by atoms with E-state index in [-0.39, 0.29) is 5.78 Å². The molecule has 1 aliphatic rings. The van der Waals surface area contributed by atoms with E-state index in [1.54, 1.807) is 12.1 Å². The third kappa shape index (κ3) is 2.15. The van der Waals surface area contributed by atoms with Crippen molar-refractivity contribution in [2.75, 3.05) is 13.2 Å². The molecule has 0 saturated carbocycles. The van der Waals surface area contributed by atoms with E-state index < -0.39 is 5.79 Å². The maximum absolute atomic E-state index is 12.8. The van der Waals surface area contributed by atoms with Gasteiger partial charge >= 0.3 is 0 Å². The lowest BCUT2D eigenvalue weighted by Crippen LogP contribution is -2.37. The minimum atomic E-state index is -1.30. The fourth-order valence-electron chi connectivity index (χ4n) is 2.39. The van der Waals surface area contributed by atoms with Crippen LogP contribution in [0.4, 0.5) is 0 Å². The van der Waals surface area contributed by atoms with Gasteiger partial charge in [0.05, 0.1) is 13.2 Å². The van der Waals surface area contributed by atoms with Crippen LogP contribution in [-0.4, -0.2) is 19.0 Å². The van der Waals surface area contributed by atoms with Crippen molar-refractivity contribution in [3.63, 3.8) is 0 Å². The molecule has 1 fully saturated rings. The Bertz CT molecular complexity index is 596. The molecule has 1 aliphatic heterocycles. The molecule has 0 aliphatic carbocycles. The highest BCUT2D eigenvalue weighted by molar-refractivity contribution is 6.02. The molecule has 0 bridgehead atoms. The van der Waals surface area contributed by atoms with Gasteiger partial charge in [-0.25, -0.2) is 0 Å². The summed E-state index contributed by atoms with van der Waals surface area (Å²) in [7, 11) is 0. The number of carbonyl (C=O) groups excluding carboxylic acids is 1. The van der Waals surface area contributed by atoms with Gasteiger partial charge in [0.15, 0.2) is 0 Å². The molecule has 0 amide bonds. The summed E-state index contributed by atoms with van der Waals surface area (Å²) < 4.78 is 11.4. The third-order valence-electron chi connectivity index (χ3n) is 3.46. The first kappa shape index (κ1) is 13.0. The number of ketones is 1. The first-order valence-corrected chi connectivity index (χ1v) is 6.67. The van der Waals surface area contributed by atoms with Crippen LogP contribution in [0.3, 0.4) is 0 Å². The van der Waals surface area contributed by atoms with Crippen molar-refractivity contribution in [1.82, 2.24) is 0 Å². The number of ether oxygens (including phenoxy) is 2. The van der Waals surface area contributed by atoms with Crippen LogP contribution in [0, 0.1) is 6.92 Å². The molecule has 1 heterocycles. The summed E-state index contributed by atoms with van der Waals surface area (Å²) in [4.78, 5) is 12.8. The summed E-state index contributed by atoms with van der Waals surface area (Å²) in [5.41, 5.74) is 2.47. The van der Waals surface area contributed by atoms with Crippen molar-refractivity contribution in [1.29, 1.82) is 0 Å². The smallest absolute Gasteiger partial charge is 0.261 e. The second-order valence-corrected chi connectivity index (χ2v) is 4.87. The predicted molar refractivity (Wildman–Crippen MR) is 75.5 cm³/mol. The number of benzene rings is 2. The van der Waals surface area contributed by atoms with Crippen LogP contribution in [-0.2, 0) is 15.3 Å². The molecule has 3 nitrogen and oxygen atoms in total. The number of aryl methyl sites for hydroxylation is 1. The highest BCUT2D eigenvalue weighted by atomic mass is 16.7. The minimum Gasteiger partial charge on any atom is -0.337 e. The van der Waals surface area contributed by atoms with E-state index in [1.165, 1.54) is 0 Å². The summed E-state index contributed by atoms with van der Waals surface area (Å²) in [6.45, 7) is 2.85. The molecular formula is C17H16O3. The molecule has 0 spiro atoms. The zero-order chi connectivity index (χ0) is 14.0. The van der Waals surface area contributed by atoms with E-state index in [2.05, 4.69) is 0 Å². The van der Waals surface area contributed by atoms with Gasteiger partial charge in [-0.2, -0.15) is 0 Å². The number of rotatable bonds is 3. The Morgan fingerprint density at radius 1 is 0.950 bits per heavy atom. The largest absolute Gasteiger partial charge is 0.337 e. The van der Waals surface area contributed by atoms with Crippen molar-refractivity contribution >= 4 is 5.78 Å². The average molecular weight is 268 g/mol. The van der Waals surface area contributed by atoms with E-state index in [0.29, 0.717) is 18.8 Å². The highest BCUT2D eigenvalue weighted by Gasteiger charge is 2.46. The monoisotopic (exact) mass is 268 g/mol. The standard InChI is InChI=1S/C17H16O3/c1-13-7-9-15(10-8-13)17(19-11-12-20-17)16(18)14-5-3-2-4-6-14/h2-10H,11-12H2,1H3. The lowest BCUT2D eigenvalue weighted by atomic mass is 9.95. The highest BCUT2D eigenvalue weighted by Crippen LogP contribution is 2.35. The predicted octanol–water partition coefficient (Wildman–Crippen LogP) is 3.08. The Balaban J connectivity index is 2.04. The SMILES string of the molecule is Cc1ccc(C2(C(=O)c3ccccc3)OCCO2)cc1. The fourth-order valence-corrected chi connectivity index (χ4v) is 2.39. The molecule has 2 aromatic rings. The van der Waals surface area contributed by atoms with Crippen LogP contribution in [0.15, 0.2) is 54.6 Å². The van der Waals surface area contributed by atoms with Crippen LogP contribution >= 0.6 is 0 Å². The maximum Gasteiger partial charge on any atom is 0.261 e. The summed E-state index contributed by atoms with van der Waals surface area (Å²) in [5.74, 6) is -1.45. The first-order valence-electron chi connectivity index (χ1n) is 6.67. The Morgan fingerprint density at radius 2 is 1.55 bits per heavy atom. The van der Waals surface area contributed by atoms with E-state index in [4.69, 9.17) is 9.47 Å². The van der Waals surface area contributed by atoms with E-state index >= 15 is 0 Å². The first-order chi connectivity index (χ1) is 9.72. The van der Waals surface area contributed by atoms with Crippen molar-refractivity contribution in [3.8, 4) is 0 Å². The molecule has 0 radical (unpaired) electrons. The molecular weight excluding hydrogens is 252 g/mol. The number of carbonyl (C=O) groups is 1. The van der Waals surface area contributed by atoms with Gasteiger partial charge in [-0.3, -0.25) is 4.79 Å². The van der Waals surface area contributed by atoms with Crippen molar-refractivity contribution < 1.29 is 14.3 Å². The van der Waals surface area contributed by atoms with Gasteiger partial charge in [0.2, 0.25) is 5.78 Å². The van der Waals surface area contributed by atoms with Crippen LogP contribution in [0.25, 0.3) is 0 Å². The van der Waals surface area contributed by atoms with Gasteiger partial charge in [-0.1, -0.05) is 60.2 Å². The summed E-state index contributed by atoms with van der Waals surface area (Å²) in [6, 6.07) is 16.8. The molecule has 0 unspecified atom stereocenters. The van der Waals surface area contributed by atoms with Gasteiger partial charge in [0, 0.05) is 11.1 Å². The second kappa shape index (κ2) is 5.19. The van der Waals surface area contributed by atoms with Crippen LogP contribution in [0.5, 0.6) is 0 Å². The Morgan fingerprint density at radius 3 is 2.15 bits per heavy atom. The van der Waals surface area contributed by atoms with Gasteiger partial charge < -0.3 is 9.47 Å². The molecule has 1 saturated heterocycles. The topological polar surface area (TPSA) is 35.5 Å². The van der Waals surface area contributed by atoms with Crippen LogP contribution < -0.4 is 0 Å². The molecule has 3 rings (SSSR count). The Kier molecular flexibility index (Phi) is 3.38. The van der Waals surface area contributed by atoms with Crippen LogP contribution in [0.1, 0.15) is 21.5 Å². The van der Waals surface area contributed by atoms with Crippen molar-refractivity contribution in [2.45, 2.75) is 12.7 Å². The number of Topliss-reactive ketones (excluding diaryl/α,β-unsaturated/α-hetero) is 1. The van der Waals surface area contributed by atoms with Gasteiger partial charge in [0.25, 0.3) is 5.79 Å². The zero-order valence-electron chi connectivity index (χ0n) is 11.3. The second-order valence-electron chi connectivity index (χ2n) is 4.87. The molecule has 102 valence electrons. The molecule has 2 aromatic carbocycles. The Hall–Kier alpha value is -1.97. The number of hydrogen-bond acceptors (Lipinski definition) is 3. The van der Waals surface area contributed by atoms with E-state index in [9.17, 15) is 4.79 Å². The zero-order valence-corrected chi connectivity index (χ0v) is 11.3. The van der Waals surface area contributed by atoms with E-state index in [0.717, 1.165) is 11.1 Å². The number of hydrogen-bond donors (Lipinski definition) is 0. The lowest BCUT2D eigenvalue weighted by molar-refractivity contribution is -0.126. The summed E-state index contributed by atoms with van der Waals surface area (Å²) >= 11 is 0. The quantitative estimate of drug-likeness (QED) is 0.802. The Labute approximate surface area is 118 Å². The molecule has 0 aromatic heterocycles. The molecule has 20 heavy (non-hydrogen) atoms. The minimum absolute atomic E-state index is 0.153. The summed E-state index contributed by atoms with van der Waals surface area (Å²) in [6.07, 6.45) is 0. The maximum atomic E-state index is 12.8. The average Bonchev–Trinajstić information content (AvgIpc) is 2.99. The lowest BCUT2D eigenvalue weighted by Gasteiger charge is -2.26. The normalized spacial score (nSPS) is 17.1.